The van der Waals surface area contributed by atoms with Gasteiger partial charge in [-0.1, -0.05) is 18.2 Å². The Bertz CT molecular complexity index is 896. The van der Waals surface area contributed by atoms with E-state index in [-0.39, 0.29) is 18.3 Å². The van der Waals surface area contributed by atoms with Crippen LogP contribution in [0.5, 0.6) is 0 Å². The van der Waals surface area contributed by atoms with Crippen LogP contribution in [0, 0.1) is 19.7 Å². The maximum absolute atomic E-state index is 12.9. The maximum Gasteiger partial charge on any atom is 0.240 e. The molecule has 0 spiro atoms. The first kappa shape index (κ1) is 20.9. The van der Waals surface area contributed by atoms with Crippen LogP contribution < -0.4 is 9.62 Å². The van der Waals surface area contributed by atoms with E-state index in [1.807, 2.05) is 19.9 Å². The quantitative estimate of drug-likeness (QED) is 0.703. The SMILES string of the molecule is Cc1ccc(N(CC(=O)NCCCc2ccc(F)cc2)S(C)(=O)=O)cc1C. The van der Waals surface area contributed by atoms with Crippen molar-refractivity contribution in [3.63, 3.8) is 0 Å². The number of sulfonamides is 1. The van der Waals surface area contributed by atoms with Crippen LogP contribution >= 0.6 is 0 Å². The molecule has 0 saturated heterocycles. The number of aryl methyl sites for hydroxylation is 3. The Hall–Kier alpha value is -2.41. The molecule has 5 nitrogen and oxygen atoms in total. The van der Waals surface area contributed by atoms with Crippen molar-refractivity contribution in [2.45, 2.75) is 26.7 Å². The highest BCUT2D eigenvalue weighted by Crippen LogP contribution is 2.21. The second kappa shape index (κ2) is 8.99. The van der Waals surface area contributed by atoms with Gasteiger partial charge in [-0.3, -0.25) is 9.10 Å². The lowest BCUT2D eigenvalue weighted by Gasteiger charge is -2.22. The molecule has 1 amide bonds. The minimum Gasteiger partial charge on any atom is -0.355 e. The number of hydrogen-bond donors (Lipinski definition) is 1. The Labute approximate surface area is 160 Å². The number of nitrogens with one attached hydrogen (secondary N) is 1. The van der Waals surface area contributed by atoms with Crippen LogP contribution in [0.1, 0.15) is 23.1 Å². The lowest BCUT2D eigenvalue weighted by Crippen LogP contribution is -2.40. The fourth-order valence-corrected chi connectivity index (χ4v) is 3.49. The van der Waals surface area contributed by atoms with E-state index in [0.29, 0.717) is 25.1 Å². The number of anilines is 1. The molecule has 0 radical (unpaired) electrons. The molecule has 0 heterocycles. The predicted octanol–water partition coefficient (Wildman–Crippen LogP) is 2.96. The molecule has 146 valence electrons. The van der Waals surface area contributed by atoms with E-state index in [1.54, 1.807) is 24.3 Å². The Morgan fingerprint density at radius 2 is 1.74 bits per heavy atom. The van der Waals surface area contributed by atoms with Gasteiger partial charge in [-0.25, -0.2) is 12.8 Å². The summed E-state index contributed by atoms with van der Waals surface area (Å²) in [6.45, 7) is 3.99. The fraction of sp³-hybridized carbons (Fsp3) is 0.350. The van der Waals surface area contributed by atoms with Crippen molar-refractivity contribution >= 4 is 21.6 Å². The molecule has 0 aliphatic carbocycles. The molecule has 0 aromatic heterocycles. The van der Waals surface area contributed by atoms with Crippen LogP contribution in [0.2, 0.25) is 0 Å². The summed E-state index contributed by atoms with van der Waals surface area (Å²) in [7, 11) is -3.58. The number of hydrogen-bond acceptors (Lipinski definition) is 3. The highest BCUT2D eigenvalue weighted by molar-refractivity contribution is 7.92. The van der Waals surface area contributed by atoms with Crippen molar-refractivity contribution in [2.75, 3.05) is 23.7 Å². The third kappa shape index (κ3) is 6.36. The number of amides is 1. The van der Waals surface area contributed by atoms with Gasteiger partial charge < -0.3 is 5.32 Å². The lowest BCUT2D eigenvalue weighted by molar-refractivity contribution is -0.119. The van der Waals surface area contributed by atoms with E-state index in [9.17, 15) is 17.6 Å². The van der Waals surface area contributed by atoms with E-state index < -0.39 is 10.0 Å². The summed E-state index contributed by atoms with van der Waals surface area (Å²) in [6, 6.07) is 11.5. The number of benzene rings is 2. The Morgan fingerprint density at radius 3 is 2.33 bits per heavy atom. The minimum absolute atomic E-state index is 0.266. The summed E-state index contributed by atoms with van der Waals surface area (Å²) in [6.07, 6.45) is 2.47. The largest absolute Gasteiger partial charge is 0.355 e. The highest BCUT2D eigenvalue weighted by atomic mass is 32.2. The third-order valence-corrected chi connectivity index (χ3v) is 5.48. The molecule has 0 atom stereocenters. The van der Waals surface area contributed by atoms with Gasteiger partial charge in [0.25, 0.3) is 0 Å². The van der Waals surface area contributed by atoms with Gasteiger partial charge in [0.05, 0.1) is 11.9 Å². The van der Waals surface area contributed by atoms with Gasteiger partial charge in [0.2, 0.25) is 15.9 Å². The molecule has 0 aliphatic heterocycles. The molecule has 0 unspecified atom stereocenters. The second-order valence-electron chi connectivity index (χ2n) is 6.62. The molecule has 0 bridgehead atoms. The maximum atomic E-state index is 12.9. The van der Waals surface area contributed by atoms with Crippen molar-refractivity contribution in [2.24, 2.45) is 0 Å². The number of carbonyl (C=O) groups is 1. The minimum atomic E-state index is -3.58. The summed E-state index contributed by atoms with van der Waals surface area (Å²) >= 11 is 0. The zero-order valence-electron chi connectivity index (χ0n) is 15.8. The van der Waals surface area contributed by atoms with Crippen LogP contribution in [-0.4, -0.2) is 33.7 Å². The van der Waals surface area contributed by atoms with Crippen molar-refractivity contribution in [1.82, 2.24) is 5.32 Å². The van der Waals surface area contributed by atoms with Gasteiger partial charge in [-0.05, 0) is 67.6 Å². The summed E-state index contributed by atoms with van der Waals surface area (Å²) < 4.78 is 38.2. The molecule has 7 heteroatoms. The Morgan fingerprint density at radius 1 is 1.07 bits per heavy atom. The van der Waals surface area contributed by atoms with Gasteiger partial charge in [0.15, 0.2) is 0 Å². The van der Waals surface area contributed by atoms with Crippen LogP contribution in [0.4, 0.5) is 10.1 Å². The normalized spacial score (nSPS) is 11.3. The number of rotatable bonds is 8. The van der Waals surface area contributed by atoms with Gasteiger partial charge in [-0.2, -0.15) is 0 Å². The summed E-state index contributed by atoms with van der Waals surface area (Å²) in [5.74, 6) is -0.642. The van der Waals surface area contributed by atoms with E-state index >= 15 is 0 Å². The van der Waals surface area contributed by atoms with E-state index in [4.69, 9.17) is 0 Å². The fourth-order valence-electron chi connectivity index (χ4n) is 2.64. The molecule has 2 aromatic rings. The summed E-state index contributed by atoms with van der Waals surface area (Å²) in [5.41, 5.74) is 3.47. The monoisotopic (exact) mass is 392 g/mol. The van der Waals surface area contributed by atoms with Crippen molar-refractivity contribution in [3.8, 4) is 0 Å². The molecule has 1 N–H and O–H groups in total. The highest BCUT2D eigenvalue weighted by Gasteiger charge is 2.21. The molecule has 27 heavy (non-hydrogen) atoms. The molecule has 2 rings (SSSR count). The Balaban J connectivity index is 1.92. The third-order valence-electron chi connectivity index (χ3n) is 4.34. The summed E-state index contributed by atoms with van der Waals surface area (Å²) in [4.78, 5) is 12.2. The molecule has 0 saturated carbocycles. The van der Waals surface area contributed by atoms with Crippen LogP contribution in [0.25, 0.3) is 0 Å². The summed E-state index contributed by atoms with van der Waals surface area (Å²) in [5, 5.41) is 2.74. The van der Waals surface area contributed by atoms with Gasteiger partial charge in [-0.15, -0.1) is 0 Å². The molecule has 2 aromatic carbocycles. The van der Waals surface area contributed by atoms with Gasteiger partial charge in [0.1, 0.15) is 12.4 Å². The Kier molecular flexibility index (Phi) is 6.96. The standard InChI is InChI=1S/C20H25FN2O3S/c1-15-6-11-19(13-16(15)2)23(27(3,25)26)14-20(24)22-12-4-5-17-7-9-18(21)10-8-17/h6-11,13H,4-5,12,14H2,1-3H3,(H,22,24). The first-order valence-corrected chi connectivity index (χ1v) is 10.6. The van der Waals surface area contributed by atoms with Gasteiger partial charge in [0, 0.05) is 6.54 Å². The number of carbonyl (C=O) groups excluding carboxylic acids is 1. The predicted molar refractivity (Wildman–Crippen MR) is 106 cm³/mol. The first-order valence-electron chi connectivity index (χ1n) is 8.73. The van der Waals surface area contributed by atoms with Crippen molar-refractivity contribution in [3.05, 3.63) is 65.0 Å². The smallest absolute Gasteiger partial charge is 0.240 e. The topological polar surface area (TPSA) is 66.5 Å². The number of halogens is 1. The van der Waals surface area contributed by atoms with E-state index in [0.717, 1.165) is 27.3 Å². The molecule has 0 aliphatic rings. The average molecular weight is 392 g/mol. The number of nitrogens with zero attached hydrogens (tertiary/aromatic N) is 1. The lowest BCUT2D eigenvalue weighted by atomic mass is 10.1. The molecule has 0 fully saturated rings. The van der Waals surface area contributed by atoms with Crippen LogP contribution in [0.15, 0.2) is 42.5 Å². The van der Waals surface area contributed by atoms with Crippen LogP contribution in [-0.2, 0) is 21.2 Å². The molecular weight excluding hydrogens is 367 g/mol. The average Bonchev–Trinajstić information content (AvgIpc) is 2.60. The van der Waals surface area contributed by atoms with Crippen molar-refractivity contribution < 1.29 is 17.6 Å². The van der Waals surface area contributed by atoms with Crippen molar-refractivity contribution in [1.29, 1.82) is 0 Å². The van der Waals surface area contributed by atoms with Crippen LogP contribution in [0.3, 0.4) is 0 Å². The van der Waals surface area contributed by atoms with E-state index in [1.165, 1.54) is 12.1 Å². The van der Waals surface area contributed by atoms with Gasteiger partial charge >= 0.3 is 0 Å². The van der Waals surface area contributed by atoms with E-state index in [2.05, 4.69) is 5.32 Å². The second-order valence-corrected chi connectivity index (χ2v) is 8.52. The zero-order valence-corrected chi connectivity index (χ0v) is 16.6. The molecular formula is C20H25FN2O3S. The first-order chi connectivity index (χ1) is 12.7. The zero-order chi connectivity index (χ0) is 20.0.